The van der Waals surface area contributed by atoms with Crippen molar-refractivity contribution in [2.45, 2.75) is 26.3 Å². The van der Waals surface area contributed by atoms with Gasteiger partial charge in [0.05, 0.1) is 25.0 Å². The number of hydrogen-bond donors (Lipinski definition) is 1. The molecule has 1 N–H and O–H groups in total. The minimum Gasteiger partial charge on any atom is -0.494 e. The van der Waals surface area contributed by atoms with Crippen LogP contribution in [0.4, 0.5) is 5.69 Å². The van der Waals surface area contributed by atoms with Crippen molar-refractivity contribution in [3.63, 3.8) is 0 Å². The van der Waals surface area contributed by atoms with Crippen LogP contribution in [0.5, 0.6) is 11.5 Å². The third kappa shape index (κ3) is 9.02. The van der Waals surface area contributed by atoms with Crippen molar-refractivity contribution in [3.05, 3.63) is 127 Å². The Morgan fingerprint density at radius 2 is 1.60 bits per heavy atom. The highest BCUT2D eigenvalue weighted by molar-refractivity contribution is 6.04. The number of esters is 2. The number of amides is 1. The van der Waals surface area contributed by atoms with E-state index in [2.05, 4.69) is 18.5 Å². The average Bonchev–Trinajstić information content (AvgIpc) is 3.48. The van der Waals surface area contributed by atoms with E-state index in [1.54, 1.807) is 60.8 Å². The van der Waals surface area contributed by atoms with Gasteiger partial charge in [0.1, 0.15) is 30.4 Å². The second-order valence-electron chi connectivity index (χ2n) is 9.68. The molecule has 1 heterocycles. The lowest BCUT2D eigenvalue weighted by molar-refractivity contribution is -0.687. The van der Waals surface area contributed by atoms with E-state index in [4.69, 9.17) is 14.2 Å². The van der Waals surface area contributed by atoms with E-state index in [1.807, 2.05) is 46.9 Å². The Morgan fingerprint density at radius 1 is 0.907 bits per heavy atom. The number of rotatable bonds is 14. The molecular formula is C34H34N3O6+. The molecule has 0 fully saturated rings. The number of unbranched alkanes of at least 4 members (excludes halogenated alkanes) is 1. The second-order valence-corrected chi connectivity index (χ2v) is 9.68. The molecule has 0 radical (unpaired) electrons. The number of nitrogens with zero attached hydrogens (tertiary/aromatic N) is 2. The highest BCUT2D eigenvalue weighted by Gasteiger charge is 2.13. The molecule has 9 heteroatoms. The number of benzene rings is 3. The molecule has 43 heavy (non-hydrogen) atoms. The van der Waals surface area contributed by atoms with E-state index in [-0.39, 0.29) is 5.91 Å². The van der Waals surface area contributed by atoms with Crippen molar-refractivity contribution in [1.82, 2.24) is 4.57 Å². The number of carbonyl (C=O) groups is 3. The molecule has 1 amide bonds. The number of aromatic nitrogens is 2. The van der Waals surface area contributed by atoms with Crippen LogP contribution in [0.2, 0.25) is 0 Å². The summed E-state index contributed by atoms with van der Waals surface area (Å²) in [5.41, 5.74) is 3.31. The molecule has 3 aromatic carbocycles. The molecular weight excluding hydrogens is 546 g/mol. The smallest absolute Gasteiger partial charge is 0.343 e. The van der Waals surface area contributed by atoms with Crippen LogP contribution in [0, 0.1) is 6.92 Å². The van der Waals surface area contributed by atoms with E-state index in [1.165, 1.54) is 0 Å². The van der Waals surface area contributed by atoms with Crippen molar-refractivity contribution < 1.29 is 33.2 Å². The average molecular weight is 581 g/mol. The Labute approximate surface area is 250 Å². The Bertz CT molecular complexity index is 1590. The maximum absolute atomic E-state index is 12.8. The number of aryl methyl sites for hydroxylation is 1. The molecule has 9 nitrogen and oxygen atoms in total. The summed E-state index contributed by atoms with van der Waals surface area (Å²) in [7, 11) is 0. The maximum atomic E-state index is 12.8. The van der Waals surface area contributed by atoms with Gasteiger partial charge in [0, 0.05) is 17.3 Å². The predicted octanol–water partition coefficient (Wildman–Crippen LogP) is 5.59. The summed E-state index contributed by atoms with van der Waals surface area (Å²) < 4.78 is 20.1. The third-order valence-electron chi connectivity index (χ3n) is 6.47. The van der Waals surface area contributed by atoms with Crippen molar-refractivity contribution in [2.75, 3.05) is 18.5 Å². The Morgan fingerprint density at radius 3 is 2.28 bits per heavy atom. The number of anilines is 1. The van der Waals surface area contributed by atoms with Gasteiger partial charge in [0.2, 0.25) is 6.33 Å². The van der Waals surface area contributed by atoms with E-state index >= 15 is 0 Å². The zero-order valence-corrected chi connectivity index (χ0v) is 24.0. The number of hydrogen-bond acceptors (Lipinski definition) is 6. The summed E-state index contributed by atoms with van der Waals surface area (Å²) in [4.78, 5) is 36.5. The van der Waals surface area contributed by atoms with Gasteiger partial charge in [-0.2, -0.15) is 0 Å². The van der Waals surface area contributed by atoms with Crippen LogP contribution in [-0.2, 0) is 16.1 Å². The van der Waals surface area contributed by atoms with Gasteiger partial charge in [-0.1, -0.05) is 25.3 Å². The van der Waals surface area contributed by atoms with Gasteiger partial charge >= 0.3 is 11.9 Å². The minimum atomic E-state index is -0.466. The molecule has 220 valence electrons. The van der Waals surface area contributed by atoms with Gasteiger partial charge in [0.15, 0.2) is 0 Å². The second kappa shape index (κ2) is 15.0. The lowest BCUT2D eigenvalue weighted by atomic mass is 10.1. The van der Waals surface area contributed by atoms with Crippen LogP contribution < -0.4 is 19.4 Å². The van der Waals surface area contributed by atoms with Gasteiger partial charge in [-0.05, 0) is 85.5 Å². The normalized spacial score (nSPS) is 10.4. The SMILES string of the molecule is C=CC(=O)OCCCCOc1ccc(C(=O)Nc2ccc(OC(=O)c3ccc(C[n+]4ccn(C=C)c4)cc3)cc2C)cc1. The minimum absolute atomic E-state index is 0.275. The van der Waals surface area contributed by atoms with Crippen LogP contribution in [0.25, 0.3) is 6.20 Å². The number of carbonyl (C=O) groups excluding carboxylic acids is 3. The Balaban J connectivity index is 1.25. The van der Waals surface area contributed by atoms with Crippen molar-refractivity contribution in [3.8, 4) is 11.5 Å². The zero-order valence-electron chi connectivity index (χ0n) is 24.0. The highest BCUT2D eigenvalue weighted by Crippen LogP contribution is 2.23. The van der Waals surface area contributed by atoms with E-state index in [9.17, 15) is 14.4 Å². The van der Waals surface area contributed by atoms with Gasteiger partial charge in [-0.25, -0.2) is 18.7 Å². The molecule has 4 rings (SSSR count). The lowest BCUT2D eigenvalue weighted by Gasteiger charge is -2.11. The van der Waals surface area contributed by atoms with Crippen molar-refractivity contribution in [2.24, 2.45) is 0 Å². The van der Waals surface area contributed by atoms with E-state index in [0.29, 0.717) is 54.5 Å². The monoisotopic (exact) mass is 580 g/mol. The maximum Gasteiger partial charge on any atom is 0.343 e. The Hall–Kier alpha value is -5.44. The van der Waals surface area contributed by atoms with Crippen LogP contribution in [0.15, 0.2) is 105 Å². The molecule has 0 saturated heterocycles. The number of ether oxygens (including phenoxy) is 3. The standard InChI is InChI=1S/C34H33N3O6/c1-4-32(38)42-21-7-6-20-41-29-14-12-27(13-15-29)33(39)35-31-17-16-30(22-25(31)3)43-34(40)28-10-8-26(9-11-28)23-37-19-18-36(5-2)24-37/h4-5,8-19,22,24H,1-2,6-7,20-21,23H2,3H3/p+1. The fourth-order valence-electron chi connectivity index (χ4n) is 4.10. The van der Waals surface area contributed by atoms with Gasteiger partial charge in [0.25, 0.3) is 5.91 Å². The first-order chi connectivity index (χ1) is 20.8. The molecule has 0 unspecified atom stereocenters. The van der Waals surface area contributed by atoms with Crippen LogP contribution in [0.1, 0.15) is 44.7 Å². The number of imidazole rings is 1. The summed E-state index contributed by atoms with van der Waals surface area (Å²) in [5.74, 6) is -0.159. The molecule has 0 spiro atoms. The summed E-state index contributed by atoms with van der Waals surface area (Å²) in [6.45, 7) is 10.4. The van der Waals surface area contributed by atoms with Crippen LogP contribution in [0.3, 0.4) is 0 Å². The lowest BCUT2D eigenvalue weighted by Crippen LogP contribution is -2.31. The molecule has 0 atom stereocenters. The fraction of sp³-hybridized carbons (Fsp3) is 0.176. The predicted molar refractivity (Wildman–Crippen MR) is 163 cm³/mol. The molecule has 0 aliphatic rings. The van der Waals surface area contributed by atoms with Crippen molar-refractivity contribution >= 4 is 29.7 Å². The number of nitrogens with one attached hydrogen (secondary N) is 1. The zero-order chi connectivity index (χ0) is 30.6. The summed E-state index contributed by atoms with van der Waals surface area (Å²) >= 11 is 0. The summed E-state index contributed by atoms with van der Waals surface area (Å²) in [6.07, 6.45) is 10.0. The summed E-state index contributed by atoms with van der Waals surface area (Å²) in [5, 5.41) is 2.89. The first-order valence-corrected chi connectivity index (χ1v) is 13.8. The van der Waals surface area contributed by atoms with Crippen LogP contribution in [-0.4, -0.2) is 35.6 Å². The molecule has 0 aliphatic heterocycles. The van der Waals surface area contributed by atoms with E-state index in [0.717, 1.165) is 23.6 Å². The largest absolute Gasteiger partial charge is 0.494 e. The van der Waals surface area contributed by atoms with Gasteiger partial charge in [-0.15, -0.1) is 0 Å². The fourth-order valence-corrected chi connectivity index (χ4v) is 4.10. The molecule has 0 saturated carbocycles. The van der Waals surface area contributed by atoms with Gasteiger partial charge in [-0.3, -0.25) is 4.79 Å². The topological polar surface area (TPSA) is 99.7 Å². The summed E-state index contributed by atoms with van der Waals surface area (Å²) in [6, 6.07) is 19.1. The molecule has 1 aromatic heterocycles. The first kappa shape index (κ1) is 30.5. The molecule has 0 aliphatic carbocycles. The van der Waals surface area contributed by atoms with Gasteiger partial charge < -0.3 is 19.5 Å². The highest BCUT2D eigenvalue weighted by atomic mass is 16.5. The molecule has 4 aromatic rings. The molecule has 0 bridgehead atoms. The van der Waals surface area contributed by atoms with Crippen molar-refractivity contribution in [1.29, 1.82) is 0 Å². The third-order valence-corrected chi connectivity index (χ3v) is 6.47. The first-order valence-electron chi connectivity index (χ1n) is 13.8. The van der Waals surface area contributed by atoms with Crippen LogP contribution >= 0.6 is 0 Å². The quantitative estimate of drug-likeness (QED) is 0.0686. The van der Waals surface area contributed by atoms with E-state index < -0.39 is 11.9 Å². The Kier molecular flexibility index (Phi) is 10.6.